The Kier molecular flexibility index (Phi) is 3.39. The predicted molar refractivity (Wildman–Crippen MR) is 68.4 cm³/mol. The van der Waals surface area contributed by atoms with Gasteiger partial charge in [0.2, 0.25) is 0 Å². The van der Waals surface area contributed by atoms with E-state index < -0.39 is 0 Å². The van der Waals surface area contributed by atoms with Crippen molar-refractivity contribution in [3.05, 3.63) is 35.2 Å². The Balaban J connectivity index is 2.14. The number of benzene rings is 1. The molecule has 0 amide bonds. The first-order valence-corrected chi connectivity index (χ1v) is 6.34. The Morgan fingerprint density at radius 2 is 2.13 bits per heavy atom. The minimum Gasteiger partial charge on any atom is -0.330 e. The minimum absolute atomic E-state index is 0.628. The number of hydrogen-bond acceptors (Lipinski definition) is 2. The van der Waals surface area contributed by atoms with E-state index in [1.165, 1.54) is 22.1 Å². The second-order valence-electron chi connectivity index (χ2n) is 4.14. The van der Waals surface area contributed by atoms with E-state index in [1.54, 1.807) is 0 Å². The van der Waals surface area contributed by atoms with Crippen LogP contribution < -0.4 is 5.73 Å². The molecule has 1 atom stereocenters. The van der Waals surface area contributed by atoms with Gasteiger partial charge < -0.3 is 5.73 Å². The summed E-state index contributed by atoms with van der Waals surface area (Å²) >= 11 is 1.84. The summed E-state index contributed by atoms with van der Waals surface area (Å²) in [7, 11) is 0. The quantitative estimate of drug-likeness (QED) is 0.837. The van der Waals surface area contributed by atoms with Crippen molar-refractivity contribution in [1.82, 2.24) is 0 Å². The van der Waals surface area contributed by atoms with E-state index in [0.717, 1.165) is 13.0 Å². The number of hydrogen-bond donors (Lipinski definition) is 1. The monoisotopic (exact) mass is 219 g/mol. The molecule has 0 fully saturated rings. The first-order valence-electron chi connectivity index (χ1n) is 5.46. The lowest BCUT2D eigenvalue weighted by molar-refractivity contribution is 0.546. The second-order valence-corrected chi connectivity index (χ2v) is 5.05. The van der Waals surface area contributed by atoms with Crippen molar-refractivity contribution < 1.29 is 0 Å². The third-order valence-electron chi connectivity index (χ3n) is 2.87. The van der Waals surface area contributed by atoms with E-state index >= 15 is 0 Å². The van der Waals surface area contributed by atoms with Gasteiger partial charge in [-0.3, -0.25) is 0 Å². The van der Waals surface area contributed by atoms with Crippen LogP contribution in [0.25, 0.3) is 10.1 Å². The molecule has 0 aliphatic heterocycles. The summed E-state index contributed by atoms with van der Waals surface area (Å²) < 4.78 is 1.40. The zero-order valence-corrected chi connectivity index (χ0v) is 9.89. The van der Waals surface area contributed by atoms with Crippen LogP contribution in [0.2, 0.25) is 0 Å². The average Bonchev–Trinajstić information content (AvgIpc) is 2.69. The van der Waals surface area contributed by atoms with E-state index in [2.05, 4.69) is 36.6 Å². The van der Waals surface area contributed by atoms with Crippen LogP contribution in [0.5, 0.6) is 0 Å². The van der Waals surface area contributed by atoms with Gasteiger partial charge in [-0.2, -0.15) is 0 Å². The zero-order valence-electron chi connectivity index (χ0n) is 9.07. The highest BCUT2D eigenvalue weighted by atomic mass is 32.1. The fourth-order valence-electron chi connectivity index (χ4n) is 1.75. The van der Waals surface area contributed by atoms with Crippen molar-refractivity contribution in [1.29, 1.82) is 0 Å². The lowest BCUT2D eigenvalue weighted by Gasteiger charge is -2.06. The predicted octanol–water partition coefficient (Wildman–Crippen LogP) is 3.43. The topological polar surface area (TPSA) is 26.0 Å². The molecule has 1 unspecified atom stereocenters. The van der Waals surface area contributed by atoms with Gasteiger partial charge in [0.15, 0.2) is 0 Å². The van der Waals surface area contributed by atoms with Crippen LogP contribution >= 0.6 is 11.3 Å². The molecular formula is C13H17NS. The molecule has 0 saturated carbocycles. The maximum atomic E-state index is 5.63. The molecule has 0 aliphatic carbocycles. The maximum Gasteiger partial charge on any atom is 0.0345 e. The van der Waals surface area contributed by atoms with Crippen LogP contribution in [0.4, 0.5) is 0 Å². The lowest BCUT2D eigenvalue weighted by Crippen LogP contribution is -2.11. The highest BCUT2D eigenvalue weighted by Crippen LogP contribution is 2.27. The van der Waals surface area contributed by atoms with Gasteiger partial charge in [-0.25, -0.2) is 0 Å². The van der Waals surface area contributed by atoms with E-state index in [4.69, 9.17) is 5.73 Å². The van der Waals surface area contributed by atoms with Crippen molar-refractivity contribution in [3.8, 4) is 0 Å². The molecular weight excluding hydrogens is 202 g/mol. The van der Waals surface area contributed by atoms with Gasteiger partial charge in [0, 0.05) is 4.70 Å². The number of aryl methyl sites for hydroxylation is 1. The van der Waals surface area contributed by atoms with Gasteiger partial charge in [-0.05, 0) is 47.7 Å². The highest BCUT2D eigenvalue weighted by molar-refractivity contribution is 7.17. The molecule has 1 heterocycles. The second kappa shape index (κ2) is 4.77. The van der Waals surface area contributed by atoms with Crippen LogP contribution in [0.15, 0.2) is 29.6 Å². The Morgan fingerprint density at radius 1 is 1.33 bits per heavy atom. The smallest absolute Gasteiger partial charge is 0.0345 e. The average molecular weight is 219 g/mol. The maximum absolute atomic E-state index is 5.63. The van der Waals surface area contributed by atoms with Gasteiger partial charge in [0.1, 0.15) is 0 Å². The van der Waals surface area contributed by atoms with Crippen LogP contribution in [-0.4, -0.2) is 6.54 Å². The van der Waals surface area contributed by atoms with Gasteiger partial charge in [0.05, 0.1) is 0 Å². The molecule has 80 valence electrons. The fraction of sp³-hybridized carbons (Fsp3) is 0.385. The summed E-state index contributed by atoms with van der Waals surface area (Å²) in [4.78, 5) is 0. The zero-order chi connectivity index (χ0) is 10.7. The Morgan fingerprint density at radius 3 is 2.93 bits per heavy atom. The standard InChI is InChI=1S/C13H17NS/c1-10(8-14)6-7-11-9-15-13-5-3-2-4-12(11)13/h2-5,9-10H,6-8,14H2,1H3. The van der Waals surface area contributed by atoms with E-state index in [-0.39, 0.29) is 0 Å². The van der Waals surface area contributed by atoms with Crippen molar-refractivity contribution in [2.75, 3.05) is 6.54 Å². The van der Waals surface area contributed by atoms with Gasteiger partial charge in [0.25, 0.3) is 0 Å². The van der Waals surface area contributed by atoms with Crippen molar-refractivity contribution >= 4 is 21.4 Å². The van der Waals surface area contributed by atoms with Gasteiger partial charge >= 0.3 is 0 Å². The van der Waals surface area contributed by atoms with Crippen LogP contribution in [0.3, 0.4) is 0 Å². The SMILES string of the molecule is CC(CN)CCc1csc2ccccc12. The third-order valence-corrected chi connectivity index (χ3v) is 3.88. The van der Waals surface area contributed by atoms with Crippen LogP contribution in [0.1, 0.15) is 18.9 Å². The van der Waals surface area contributed by atoms with Crippen molar-refractivity contribution in [2.24, 2.45) is 11.7 Å². The Hall–Kier alpha value is -0.860. The van der Waals surface area contributed by atoms with E-state index in [1.807, 2.05) is 11.3 Å². The molecule has 2 N–H and O–H groups in total. The van der Waals surface area contributed by atoms with E-state index in [9.17, 15) is 0 Å². The normalized spacial score (nSPS) is 13.2. The Bertz CT molecular complexity index is 433. The molecule has 2 aromatic rings. The molecule has 0 saturated heterocycles. The number of rotatable bonds is 4. The number of thiophene rings is 1. The minimum atomic E-state index is 0.628. The summed E-state index contributed by atoms with van der Waals surface area (Å²) in [5, 5.41) is 3.71. The summed E-state index contributed by atoms with van der Waals surface area (Å²) in [6, 6.07) is 8.63. The molecule has 0 spiro atoms. The molecule has 2 heteroatoms. The molecule has 2 rings (SSSR count). The van der Waals surface area contributed by atoms with Crippen molar-refractivity contribution in [3.63, 3.8) is 0 Å². The summed E-state index contributed by atoms with van der Waals surface area (Å²) in [5.41, 5.74) is 7.11. The molecule has 1 aromatic carbocycles. The van der Waals surface area contributed by atoms with Crippen LogP contribution in [-0.2, 0) is 6.42 Å². The summed E-state index contributed by atoms with van der Waals surface area (Å²) in [6.45, 7) is 3.01. The first kappa shape index (κ1) is 10.7. The molecule has 1 nitrogen and oxygen atoms in total. The third kappa shape index (κ3) is 2.39. The highest BCUT2D eigenvalue weighted by Gasteiger charge is 2.05. The number of nitrogens with two attached hydrogens (primary N) is 1. The van der Waals surface area contributed by atoms with E-state index in [0.29, 0.717) is 5.92 Å². The Labute approximate surface area is 94.9 Å². The fourth-order valence-corrected chi connectivity index (χ4v) is 2.74. The molecule has 0 radical (unpaired) electrons. The van der Waals surface area contributed by atoms with Crippen LogP contribution in [0, 0.1) is 5.92 Å². The lowest BCUT2D eigenvalue weighted by atomic mass is 10.0. The number of fused-ring (bicyclic) bond motifs is 1. The molecule has 1 aromatic heterocycles. The molecule has 0 bridgehead atoms. The first-order chi connectivity index (χ1) is 7.31. The van der Waals surface area contributed by atoms with Gasteiger partial charge in [-0.15, -0.1) is 11.3 Å². The van der Waals surface area contributed by atoms with Gasteiger partial charge in [-0.1, -0.05) is 25.1 Å². The summed E-state index contributed by atoms with van der Waals surface area (Å²) in [6.07, 6.45) is 2.35. The molecule has 15 heavy (non-hydrogen) atoms. The van der Waals surface area contributed by atoms with Crippen molar-refractivity contribution in [2.45, 2.75) is 19.8 Å². The largest absolute Gasteiger partial charge is 0.330 e. The summed E-state index contributed by atoms with van der Waals surface area (Å²) in [5.74, 6) is 0.628. The molecule has 0 aliphatic rings.